The monoisotopic (exact) mass is 465 g/mol. The van der Waals surface area contributed by atoms with Crippen molar-refractivity contribution in [2.75, 3.05) is 11.9 Å². The molecular formula is C28H23N3O2S. The van der Waals surface area contributed by atoms with Crippen LogP contribution in [0.1, 0.15) is 16.7 Å². The minimum absolute atomic E-state index is 0.0304. The number of thioether (sulfide) groups is 1. The average molecular weight is 466 g/mol. The number of nitrogens with one attached hydrogen (secondary N) is 1. The second kappa shape index (κ2) is 8.38. The van der Waals surface area contributed by atoms with Crippen LogP contribution < -0.4 is 5.32 Å². The van der Waals surface area contributed by atoms with Gasteiger partial charge in [0.25, 0.3) is 0 Å². The lowest BCUT2D eigenvalue weighted by Gasteiger charge is -2.37. The number of carbonyl (C=O) groups is 2. The first-order valence-electron chi connectivity index (χ1n) is 11.4. The van der Waals surface area contributed by atoms with Gasteiger partial charge in [-0.3, -0.25) is 19.5 Å². The number of carbonyl (C=O) groups excluding carboxylic acids is 2. The molecule has 0 bridgehead atoms. The van der Waals surface area contributed by atoms with Gasteiger partial charge in [0.2, 0.25) is 10.2 Å². The predicted octanol–water partition coefficient (Wildman–Crippen LogP) is 5.48. The van der Waals surface area contributed by atoms with Crippen LogP contribution in [0.25, 0.3) is 22.0 Å². The molecule has 2 aliphatic rings. The van der Waals surface area contributed by atoms with Gasteiger partial charge in [0.05, 0.1) is 5.69 Å². The highest BCUT2D eigenvalue weighted by atomic mass is 32.2. The molecule has 0 atom stereocenters. The van der Waals surface area contributed by atoms with Gasteiger partial charge in [-0.1, -0.05) is 42.5 Å². The van der Waals surface area contributed by atoms with Crippen molar-refractivity contribution in [3.63, 3.8) is 0 Å². The summed E-state index contributed by atoms with van der Waals surface area (Å²) in [5.41, 5.74) is 7.72. The number of anilines is 2. The van der Waals surface area contributed by atoms with E-state index in [0.29, 0.717) is 13.1 Å². The van der Waals surface area contributed by atoms with Crippen molar-refractivity contribution in [2.45, 2.75) is 25.9 Å². The minimum Gasteiger partial charge on any atom is -0.355 e. The number of fused-ring (bicyclic) bond motifs is 2. The maximum Gasteiger partial charge on any atom is 0.222 e. The maximum absolute atomic E-state index is 11.9. The van der Waals surface area contributed by atoms with Crippen LogP contribution in [-0.2, 0) is 22.6 Å². The Hall–Kier alpha value is -3.48. The maximum atomic E-state index is 11.9. The summed E-state index contributed by atoms with van der Waals surface area (Å²) < 4.78 is 0. The van der Waals surface area contributed by atoms with Gasteiger partial charge in [-0.2, -0.15) is 0 Å². The van der Waals surface area contributed by atoms with Gasteiger partial charge in [-0.05, 0) is 71.4 Å². The Bertz CT molecular complexity index is 1450. The van der Waals surface area contributed by atoms with Gasteiger partial charge in [0.15, 0.2) is 6.04 Å². The molecule has 1 aromatic heterocycles. The summed E-state index contributed by atoms with van der Waals surface area (Å²) in [6, 6.07) is 22.4. The molecule has 5 nitrogen and oxygen atoms in total. The van der Waals surface area contributed by atoms with E-state index in [1.165, 1.54) is 16.5 Å². The van der Waals surface area contributed by atoms with E-state index in [4.69, 9.17) is 4.98 Å². The summed E-state index contributed by atoms with van der Waals surface area (Å²) in [4.78, 5) is 30.5. The van der Waals surface area contributed by atoms with Gasteiger partial charge < -0.3 is 5.32 Å². The second-order valence-electron chi connectivity index (χ2n) is 8.88. The highest BCUT2D eigenvalue weighted by Crippen LogP contribution is 2.35. The van der Waals surface area contributed by atoms with Crippen molar-refractivity contribution in [1.82, 2.24) is 9.88 Å². The molecule has 0 radical (unpaired) electrons. The van der Waals surface area contributed by atoms with E-state index in [-0.39, 0.29) is 10.2 Å². The van der Waals surface area contributed by atoms with E-state index in [2.05, 4.69) is 60.8 Å². The van der Waals surface area contributed by atoms with Crippen molar-refractivity contribution in [3.05, 3.63) is 89.6 Å². The van der Waals surface area contributed by atoms with Crippen molar-refractivity contribution in [1.29, 1.82) is 0 Å². The number of aryl methyl sites for hydroxylation is 1. The number of aromatic nitrogens is 1. The third-order valence-electron chi connectivity index (χ3n) is 6.73. The topological polar surface area (TPSA) is 62.3 Å². The van der Waals surface area contributed by atoms with Crippen LogP contribution in [0.5, 0.6) is 0 Å². The molecule has 0 unspecified atom stereocenters. The lowest BCUT2D eigenvalue weighted by molar-refractivity contribution is -0.129. The molecule has 3 heterocycles. The van der Waals surface area contributed by atoms with Crippen molar-refractivity contribution in [2.24, 2.45) is 0 Å². The number of rotatable bonds is 4. The Labute approximate surface area is 202 Å². The first kappa shape index (κ1) is 21.1. The van der Waals surface area contributed by atoms with Crippen LogP contribution in [0.2, 0.25) is 0 Å². The number of hydrogen-bond donors (Lipinski definition) is 1. The number of pyridine rings is 1. The van der Waals surface area contributed by atoms with E-state index in [1.807, 2.05) is 29.3 Å². The summed E-state index contributed by atoms with van der Waals surface area (Å²) in [5.74, 6) is 0. The Kier molecular flexibility index (Phi) is 5.20. The van der Waals surface area contributed by atoms with Crippen molar-refractivity contribution in [3.8, 4) is 11.3 Å². The lowest BCUT2D eigenvalue weighted by atomic mass is 9.96. The van der Waals surface area contributed by atoms with Crippen LogP contribution in [0.3, 0.4) is 0 Å². The van der Waals surface area contributed by atoms with Crippen molar-refractivity contribution >= 4 is 44.1 Å². The van der Waals surface area contributed by atoms with Gasteiger partial charge in [-0.25, -0.2) is 0 Å². The average Bonchev–Trinajstić information content (AvgIpc) is 2.85. The number of nitrogens with zero attached hydrogens (tertiary/aromatic N) is 2. The molecule has 34 heavy (non-hydrogen) atoms. The SMILES string of the molecule is Cc1ccc(Nc2cccc3c2CCN(C2C(=O)SC2=O)C3)cc1-c1cc2ccccc2cn1. The van der Waals surface area contributed by atoms with E-state index in [9.17, 15) is 9.59 Å². The van der Waals surface area contributed by atoms with Crippen LogP contribution in [0.15, 0.2) is 72.9 Å². The van der Waals surface area contributed by atoms with E-state index in [1.54, 1.807) is 0 Å². The van der Waals surface area contributed by atoms with Crippen LogP contribution in [0.4, 0.5) is 11.4 Å². The van der Waals surface area contributed by atoms with Gasteiger partial charge >= 0.3 is 0 Å². The Morgan fingerprint density at radius 1 is 0.971 bits per heavy atom. The van der Waals surface area contributed by atoms with Crippen LogP contribution in [-0.4, -0.2) is 32.7 Å². The molecule has 4 aromatic rings. The smallest absolute Gasteiger partial charge is 0.222 e. The Morgan fingerprint density at radius 3 is 2.62 bits per heavy atom. The fourth-order valence-corrected chi connectivity index (χ4v) is 5.63. The fraction of sp³-hybridized carbons (Fsp3) is 0.179. The number of hydrogen-bond acceptors (Lipinski definition) is 6. The van der Waals surface area contributed by atoms with E-state index in [0.717, 1.165) is 51.8 Å². The standard InChI is InChI=1S/C28H23N3O2S/c1-17-9-10-21(14-23(17)25-13-18-5-2-3-6-19(18)15-29-25)30-24-8-4-7-20-16-31(12-11-22(20)24)26-27(32)34-28(26)33/h2-10,13-15,26,30H,11-12,16H2,1H3. The molecule has 2 aliphatic heterocycles. The Morgan fingerprint density at radius 2 is 1.79 bits per heavy atom. The Balaban J connectivity index is 1.29. The van der Waals surface area contributed by atoms with E-state index < -0.39 is 6.04 Å². The molecule has 3 aromatic carbocycles. The lowest BCUT2D eigenvalue weighted by Crippen LogP contribution is -2.53. The molecule has 0 amide bonds. The van der Waals surface area contributed by atoms with Gasteiger partial charge in [0.1, 0.15) is 0 Å². The molecule has 6 rings (SSSR count). The largest absolute Gasteiger partial charge is 0.355 e. The molecule has 1 N–H and O–H groups in total. The van der Waals surface area contributed by atoms with Gasteiger partial charge in [0, 0.05) is 41.6 Å². The molecule has 1 saturated heterocycles. The molecule has 1 fully saturated rings. The highest BCUT2D eigenvalue weighted by Gasteiger charge is 2.44. The molecule has 6 heteroatoms. The van der Waals surface area contributed by atoms with Crippen LogP contribution >= 0.6 is 11.8 Å². The van der Waals surface area contributed by atoms with E-state index >= 15 is 0 Å². The molecule has 0 aliphatic carbocycles. The second-order valence-corrected chi connectivity index (χ2v) is 9.89. The van der Waals surface area contributed by atoms with Crippen molar-refractivity contribution < 1.29 is 9.59 Å². The molecular weight excluding hydrogens is 442 g/mol. The first-order valence-corrected chi connectivity index (χ1v) is 12.2. The zero-order valence-corrected chi connectivity index (χ0v) is 19.6. The zero-order valence-electron chi connectivity index (χ0n) is 18.7. The first-order chi connectivity index (χ1) is 16.6. The third-order valence-corrected chi connectivity index (χ3v) is 7.58. The predicted molar refractivity (Wildman–Crippen MR) is 137 cm³/mol. The van der Waals surface area contributed by atoms with Gasteiger partial charge in [-0.15, -0.1) is 0 Å². The zero-order chi connectivity index (χ0) is 23.2. The fourth-order valence-electron chi connectivity index (χ4n) is 4.88. The summed E-state index contributed by atoms with van der Waals surface area (Å²) in [6.45, 7) is 3.43. The summed E-state index contributed by atoms with van der Waals surface area (Å²) in [5, 5.41) is 5.86. The highest BCUT2D eigenvalue weighted by molar-refractivity contribution is 8.29. The quantitative estimate of drug-likeness (QED) is 0.403. The third kappa shape index (κ3) is 3.69. The summed E-state index contributed by atoms with van der Waals surface area (Å²) >= 11 is 0.835. The molecule has 0 saturated carbocycles. The number of benzene rings is 3. The summed E-state index contributed by atoms with van der Waals surface area (Å²) in [7, 11) is 0. The molecule has 168 valence electrons. The molecule has 0 spiro atoms. The minimum atomic E-state index is -0.566. The van der Waals surface area contributed by atoms with Crippen LogP contribution in [0, 0.1) is 6.92 Å². The normalized spacial score (nSPS) is 16.4. The summed E-state index contributed by atoms with van der Waals surface area (Å²) in [6.07, 6.45) is 2.73.